The Balaban J connectivity index is 1.26. The van der Waals surface area contributed by atoms with Crippen molar-refractivity contribution in [1.29, 1.82) is 0 Å². The molecule has 172 valence electrons. The Hall–Kier alpha value is -2.73. The van der Waals surface area contributed by atoms with Crippen LogP contribution < -0.4 is 5.32 Å². The summed E-state index contributed by atoms with van der Waals surface area (Å²) in [5, 5.41) is 2.80. The van der Waals surface area contributed by atoms with Crippen molar-refractivity contribution in [3.05, 3.63) is 48.4 Å². The standard InChI is InChI=1S/C21H26N4O6S/c26-20(16-23-7-9-24(10-8-23)21(27)19-2-1-13-31-19)22-17-3-5-18(6-4-17)32(28,29)25-11-14-30-15-12-25/h1-6,13H,7-12,14-16H2,(H,22,26). The Bertz CT molecular complexity index is 1020. The maximum Gasteiger partial charge on any atom is 0.289 e. The number of anilines is 1. The number of morpholine rings is 1. The van der Waals surface area contributed by atoms with Gasteiger partial charge in [0.15, 0.2) is 5.76 Å². The first-order valence-corrected chi connectivity index (χ1v) is 11.9. The van der Waals surface area contributed by atoms with Gasteiger partial charge in [0.2, 0.25) is 15.9 Å². The summed E-state index contributed by atoms with van der Waals surface area (Å²) < 4.78 is 37.1. The number of ether oxygens (including phenoxy) is 1. The van der Waals surface area contributed by atoms with Gasteiger partial charge >= 0.3 is 0 Å². The second kappa shape index (κ2) is 9.82. The summed E-state index contributed by atoms with van der Waals surface area (Å²) in [7, 11) is -3.57. The lowest BCUT2D eigenvalue weighted by molar-refractivity contribution is -0.117. The second-order valence-electron chi connectivity index (χ2n) is 7.63. The first-order chi connectivity index (χ1) is 15.4. The van der Waals surface area contributed by atoms with Crippen LogP contribution in [-0.4, -0.2) is 93.4 Å². The third-order valence-electron chi connectivity index (χ3n) is 5.50. The monoisotopic (exact) mass is 462 g/mol. The zero-order valence-electron chi connectivity index (χ0n) is 17.6. The summed E-state index contributed by atoms with van der Waals surface area (Å²) in [6.45, 7) is 3.82. The molecule has 1 N–H and O–H groups in total. The van der Waals surface area contributed by atoms with Crippen LogP contribution in [0.5, 0.6) is 0 Å². The molecule has 2 amide bonds. The van der Waals surface area contributed by atoms with Crippen LogP contribution in [0.2, 0.25) is 0 Å². The number of carbonyl (C=O) groups is 2. The average molecular weight is 463 g/mol. The van der Waals surface area contributed by atoms with Gasteiger partial charge in [-0.1, -0.05) is 0 Å². The number of hydrogen-bond donors (Lipinski definition) is 1. The lowest BCUT2D eigenvalue weighted by Gasteiger charge is -2.33. The van der Waals surface area contributed by atoms with E-state index in [4.69, 9.17) is 9.15 Å². The molecule has 10 nitrogen and oxygen atoms in total. The van der Waals surface area contributed by atoms with E-state index in [1.807, 2.05) is 4.90 Å². The summed E-state index contributed by atoms with van der Waals surface area (Å²) in [5.74, 6) is -0.0268. The van der Waals surface area contributed by atoms with Crippen molar-refractivity contribution in [2.24, 2.45) is 0 Å². The molecule has 0 aliphatic carbocycles. The van der Waals surface area contributed by atoms with E-state index in [9.17, 15) is 18.0 Å². The van der Waals surface area contributed by atoms with Crippen molar-refractivity contribution in [3.8, 4) is 0 Å². The first-order valence-electron chi connectivity index (χ1n) is 10.5. The molecule has 2 saturated heterocycles. The van der Waals surface area contributed by atoms with Gasteiger partial charge in [-0.25, -0.2) is 8.42 Å². The SMILES string of the molecule is O=C(CN1CCN(C(=O)c2ccco2)CC1)Nc1ccc(S(=O)(=O)N2CCOCC2)cc1. The number of benzene rings is 1. The zero-order valence-corrected chi connectivity index (χ0v) is 18.4. The third-order valence-corrected chi connectivity index (χ3v) is 7.42. The molecule has 0 radical (unpaired) electrons. The lowest BCUT2D eigenvalue weighted by Crippen LogP contribution is -2.50. The largest absolute Gasteiger partial charge is 0.459 e. The normalized spacial score (nSPS) is 18.4. The highest BCUT2D eigenvalue weighted by Crippen LogP contribution is 2.19. The minimum absolute atomic E-state index is 0.147. The summed E-state index contributed by atoms with van der Waals surface area (Å²) in [6, 6.07) is 9.49. The number of nitrogens with one attached hydrogen (secondary N) is 1. The molecular weight excluding hydrogens is 436 g/mol. The van der Waals surface area contributed by atoms with Crippen LogP contribution in [0.15, 0.2) is 52.0 Å². The third kappa shape index (κ3) is 5.18. The lowest BCUT2D eigenvalue weighted by atomic mass is 10.2. The fourth-order valence-corrected chi connectivity index (χ4v) is 5.12. The highest BCUT2D eigenvalue weighted by atomic mass is 32.2. The Morgan fingerprint density at radius 1 is 0.938 bits per heavy atom. The molecule has 2 fully saturated rings. The van der Waals surface area contributed by atoms with Gasteiger partial charge in [0.05, 0.1) is 30.9 Å². The number of amides is 2. The van der Waals surface area contributed by atoms with Crippen LogP contribution in [0.1, 0.15) is 10.6 Å². The Morgan fingerprint density at radius 3 is 2.25 bits per heavy atom. The van der Waals surface area contributed by atoms with Crippen LogP contribution in [-0.2, 0) is 19.6 Å². The van der Waals surface area contributed by atoms with E-state index >= 15 is 0 Å². The van der Waals surface area contributed by atoms with Gasteiger partial charge in [-0.15, -0.1) is 0 Å². The van der Waals surface area contributed by atoms with E-state index in [0.29, 0.717) is 63.9 Å². The highest BCUT2D eigenvalue weighted by molar-refractivity contribution is 7.89. The van der Waals surface area contributed by atoms with Crippen LogP contribution in [0.3, 0.4) is 0 Å². The Morgan fingerprint density at radius 2 is 1.62 bits per heavy atom. The molecule has 0 saturated carbocycles. The Labute approximate surface area is 186 Å². The minimum atomic E-state index is -3.57. The molecule has 0 unspecified atom stereocenters. The Kier molecular flexibility index (Phi) is 6.89. The average Bonchev–Trinajstić information content (AvgIpc) is 3.35. The predicted molar refractivity (Wildman–Crippen MR) is 116 cm³/mol. The minimum Gasteiger partial charge on any atom is -0.459 e. The summed E-state index contributed by atoms with van der Waals surface area (Å²) in [4.78, 5) is 28.6. The van der Waals surface area contributed by atoms with Crippen molar-refractivity contribution in [3.63, 3.8) is 0 Å². The van der Waals surface area contributed by atoms with Gasteiger partial charge in [-0.3, -0.25) is 14.5 Å². The molecule has 2 aliphatic heterocycles. The number of piperazine rings is 1. The van der Waals surface area contributed by atoms with Crippen LogP contribution in [0.4, 0.5) is 5.69 Å². The summed E-state index contributed by atoms with van der Waals surface area (Å²) in [5.41, 5.74) is 0.530. The number of carbonyl (C=O) groups excluding carboxylic acids is 2. The number of nitrogens with zero attached hydrogens (tertiary/aromatic N) is 3. The number of furan rings is 1. The van der Waals surface area contributed by atoms with E-state index in [1.165, 1.54) is 22.7 Å². The molecule has 1 aromatic carbocycles. The van der Waals surface area contributed by atoms with E-state index < -0.39 is 10.0 Å². The van der Waals surface area contributed by atoms with Crippen molar-refractivity contribution in [2.45, 2.75) is 4.90 Å². The molecule has 3 heterocycles. The molecule has 2 aliphatic rings. The van der Waals surface area contributed by atoms with Crippen LogP contribution >= 0.6 is 0 Å². The molecule has 32 heavy (non-hydrogen) atoms. The first kappa shape index (κ1) is 22.5. The molecule has 0 spiro atoms. The predicted octanol–water partition coefficient (Wildman–Crippen LogP) is 0.697. The van der Waals surface area contributed by atoms with Crippen molar-refractivity contribution >= 4 is 27.5 Å². The molecule has 11 heteroatoms. The van der Waals surface area contributed by atoms with Crippen LogP contribution in [0.25, 0.3) is 0 Å². The van der Waals surface area contributed by atoms with E-state index in [2.05, 4.69) is 5.32 Å². The molecule has 4 rings (SSSR count). The fourth-order valence-electron chi connectivity index (χ4n) is 3.72. The highest BCUT2D eigenvalue weighted by Gasteiger charge is 2.27. The van der Waals surface area contributed by atoms with E-state index in [-0.39, 0.29) is 23.3 Å². The molecule has 1 aromatic heterocycles. The van der Waals surface area contributed by atoms with Gasteiger partial charge in [-0.2, -0.15) is 4.31 Å². The van der Waals surface area contributed by atoms with Crippen molar-refractivity contribution < 1.29 is 27.2 Å². The van der Waals surface area contributed by atoms with Gasteiger partial charge < -0.3 is 19.4 Å². The maximum atomic E-state index is 12.7. The van der Waals surface area contributed by atoms with Gasteiger partial charge in [0, 0.05) is 45.0 Å². The van der Waals surface area contributed by atoms with Gasteiger partial charge in [0.1, 0.15) is 0 Å². The molecule has 0 bridgehead atoms. The fraction of sp³-hybridized carbons (Fsp3) is 0.429. The summed E-state index contributed by atoms with van der Waals surface area (Å²) in [6.07, 6.45) is 1.47. The van der Waals surface area contributed by atoms with Gasteiger partial charge in [0.25, 0.3) is 5.91 Å². The quantitative estimate of drug-likeness (QED) is 0.672. The van der Waals surface area contributed by atoms with Crippen molar-refractivity contribution in [1.82, 2.24) is 14.1 Å². The smallest absolute Gasteiger partial charge is 0.289 e. The number of hydrogen-bond acceptors (Lipinski definition) is 7. The maximum absolute atomic E-state index is 12.7. The molecule has 2 aromatic rings. The van der Waals surface area contributed by atoms with E-state index in [0.717, 1.165) is 0 Å². The van der Waals surface area contributed by atoms with Crippen LogP contribution in [0, 0.1) is 0 Å². The van der Waals surface area contributed by atoms with E-state index in [1.54, 1.807) is 29.2 Å². The van der Waals surface area contributed by atoms with Crippen molar-refractivity contribution in [2.75, 3.05) is 64.3 Å². The van der Waals surface area contributed by atoms with Gasteiger partial charge in [-0.05, 0) is 36.4 Å². The zero-order chi connectivity index (χ0) is 22.6. The topological polar surface area (TPSA) is 112 Å². The molecular formula is C21H26N4O6S. The summed E-state index contributed by atoms with van der Waals surface area (Å²) >= 11 is 0. The number of rotatable bonds is 6. The second-order valence-corrected chi connectivity index (χ2v) is 9.57. The number of sulfonamides is 1. The molecule has 0 atom stereocenters.